The highest BCUT2D eigenvalue weighted by Gasteiger charge is 2.35. The highest BCUT2D eigenvalue weighted by molar-refractivity contribution is 5.96. The number of carbonyl (C=O) groups excluding carboxylic acids is 3. The van der Waals surface area contributed by atoms with Gasteiger partial charge < -0.3 is 19.4 Å². The Hall–Kier alpha value is -4.24. The van der Waals surface area contributed by atoms with E-state index in [0.29, 0.717) is 50.6 Å². The molecule has 3 aromatic rings. The Labute approximate surface area is 278 Å². The summed E-state index contributed by atoms with van der Waals surface area (Å²) in [6.07, 6.45) is 2.97. The molecule has 3 amide bonds. The third kappa shape index (κ3) is 8.01. The van der Waals surface area contributed by atoms with E-state index in [0.717, 1.165) is 61.5 Å². The fourth-order valence-electron chi connectivity index (χ4n) is 6.99. The minimum absolute atomic E-state index is 0.0298. The quantitative estimate of drug-likeness (QED) is 0.351. The summed E-state index contributed by atoms with van der Waals surface area (Å²) in [7, 11) is 0. The summed E-state index contributed by atoms with van der Waals surface area (Å²) in [5, 5.41) is 0. The maximum absolute atomic E-state index is 13.8. The first-order chi connectivity index (χ1) is 22.6. The lowest BCUT2D eigenvalue weighted by molar-refractivity contribution is -0.138. The molecule has 2 aromatic carbocycles. The summed E-state index contributed by atoms with van der Waals surface area (Å²) >= 11 is 0. The highest BCUT2D eigenvalue weighted by Crippen LogP contribution is 2.28. The third-order valence-corrected chi connectivity index (χ3v) is 9.60. The topological polar surface area (TPSA) is 86.3 Å². The van der Waals surface area contributed by atoms with Crippen molar-refractivity contribution in [3.05, 3.63) is 78.4 Å². The van der Waals surface area contributed by atoms with E-state index in [2.05, 4.69) is 4.90 Å². The van der Waals surface area contributed by atoms with E-state index in [1.165, 1.54) is 0 Å². The number of nitrogens with zero attached hydrogens (tertiary/aromatic N) is 5. The number of benzene rings is 2. The molecule has 0 N–H and O–H groups in total. The number of piperazine rings is 1. The van der Waals surface area contributed by atoms with Crippen LogP contribution < -0.4 is 0 Å². The summed E-state index contributed by atoms with van der Waals surface area (Å²) in [5.41, 5.74) is 3.71. The lowest BCUT2D eigenvalue weighted by Gasteiger charge is -2.43. The van der Waals surface area contributed by atoms with Gasteiger partial charge in [-0.2, -0.15) is 0 Å². The Bertz CT molecular complexity index is 1480. The van der Waals surface area contributed by atoms with Crippen molar-refractivity contribution in [1.82, 2.24) is 24.6 Å². The molecule has 0 radical (unpaired) electrons. The van der Waals surface area contributed by atoms with Gasteiger partial charge >= 0.3 is 6.09 Å². The fraction of sp³-hybridized carbons (Fsp3) is 0.474. The molecule has 0 unspecified atom stereocenters. The second-order valence-electron chi connectivity index (χ2n) is 14.0. The zero-order valence-electron chi connectivity index (χ0n) is 27.9. The molecular formula is C38H47N5O4. The van der Waals surface area contributed by atoms with Gasteiger partial charge in [0.1, 0.15) is 5.60 Å². The van der Waals surface area contributed by atoms with Gasteiger partial charge in [-0.3, -0.25) is 14.5 Å². The van der Waals surface area contributed by atoms with Gasteiger partial charge in [-0.1, -0.05) is 60.7 Å². The van der Waals surface area contributed by atoms with E-state index in [1.807, 2.05) is 103 Å². The molecule has 47 heavy (non-hydrogen) atoms. The minimum atomic E-state index is -0.519. The molecule has 1 aromatic heterocycles. The van der Waals surface area contributed by atoms with Crippen LogP contribution in [0.15, 0.2) is 72.8 Å². The van der Waals surface area contributed by atoms with Gasteiger partial charge in [0.25, 0.3) is 5.91 Å². The number of ether oxygens (including phenoxy) is 1. The van der Waals surface area contributed by atoms with Crippen molar-refractivity contribution in [2.75, 3.05) is 52.4 Å². The second-order valence-corrected chi connectivity index (χ2v) is 14.0. The standard InChI is InChI=1S/C38H47N5O4/c1-38(2,3)47-37(46)43-18-14-30(15-19-43)35(44)41-20-16-32(17-21-41)40-22-24-42(25-23-40)36(45)31-26-33(28-10-6-4-7-11-28)39-34(27-31)29-12-8-5-9-13-29/h4-13,26-27,30,32H,14-25H2,1-3H3. The Balaban J connectivity index is 1.01. The van der Waals surface area contributed by atoms with Crippen LogP contribution in [-0.4, -0.2) is 106 Å². The van der Waals surface area contributed by atoms with E-state index in [-0.39, 0.29) is 23.8 Å². The monoisotopic (exact) mass is 637 g/mol. The molecule has 9 heteroatoms. The van der Waals surface area contributed by atoms with Crippen LogP contribution in [0.1, 0.15) is 56.8 Å². The van der Waals surface area contributed by atoms with Crippen LogP contribution in [-0.2, 0) is 9.53 Å². The Morgan fingerprint density at radius 3 is 1.68 bits per heavy atom. The minimum Gasteiger partial charge on any atom is -0.444 e. The summed E-state index contributed by atoms with van der Waals surface area (Å²) in [6, 6.07) is 24.3. The molecule has 9 nitrogen and oxygen atoms in total. The Morgan fingerprint density at radius 1 is 0.660 bits per heavy atom. The first kappa shape index (κ1) is 32.7. The first-order valence-corrected chi connectivity index (χ1v) is 17.1. The molecular weight excluding hydrogens is 590 g/mol. The lowest BCUT2D eigenvalue weighted by Crippen LogP contribution is -2.55. The number of carbonyl (C=O) groups is 3. The van der Waals surface area contributed by atoms with Gasteiger partial charge in [0.05, 0.1) is 11.4 Å². The third-order valence-electron chi connectivity index (χ3n) is 9.60. The molecule has 3 fully saturated rings. The highest BCUT2D eigenvalue weighted by atomic mass is 16.6. The number of rotatable bonds is 5. The Morgan fingerprint density at radius 2 is 1.17 bits per heavy atom. The number of amides is 3. The normalized spacial score (nSPS) is 18.7. The molecule has 4 heterocycles. The number of hydrogen-bond donors (Lipinski definition) is 0. The predicted molar refractivity (Wildman–Crippen MR) is 183 cm³/mol. The van der Waals surface area contributed by atoms with Crippen LogP contribution in [0, 0.1) is 5.92 Å². The van der Waals surface area contributed by atoms with E-state index in [1.54, 1.807) is 4.90 Å². The van der Waals surface area contributed by atoms with Crippen LogP contribution in [0.3, 0.4) is 0 Å². The molecule has 3 saturated heterocycles. The van der Waals surface area contributed by atoms with Gasteiger partial charge in [0.2, 0.25) is 5.91 Å². The van der Waals surface area contributed by atoms with Crippen LogP contribution >= 0.6 is 0 Å². The second kappa shape index (κ2) is 14.3. The zero-order valence-corrected chi connectivity index (χ0v) is 27.9. The van der Waals surface area contributed by atoms with Gasteiger partial charge in [-0.15, -0.1) is 0 Å². The van der Waals surface area contributed by atoms with Crippen LogP contribution in [0.4, 0.5) is 4.79 Å². The molecule has 6 rings (SSSR count). The average Bonchev–Trinajstić information content (AvgIpc) is 3.11. The molecule has 248 valence electrons. The van der Waals surface area contributed by atoms with E-state index >= 15 is 0 Å². The molecule has 0 bridgehead atoms. The van der Waals surface area contributed by atoms with Crippen molar-refractivity contribution in [2.24, 2.45) is 5.92 Å². The smallest absolute Gasteiger partial charge is 0.410 e. The van der Waals surface area contributed by atoms with Gasteiger partial charge in [-0.25, -0.2) is 9.78 Å². The van der Waals surface area contributed by atoms with Crippen LogP contribution in [0.5, 0.6) is 0 Å². The first-order valence-electron chi connectivity index (χ1n) is 17.1. The summed E-state index contributed by atoms with van der Waals surface area (Å²) in [6.45, 7) is 11.3. The maximum Gasteiger partial charge on any atom is 0.410 e. The van der Waals surface area contributed by atoms with Gasteiger partial charge in [-0.05, 0) is 58.6 Å². The number of aromatic nitrogens is 1. The number of piperidine rings is 2. The maximum atomic E-state index is 13.8. The fourth-order valence-corrected chi connectivity index (χ4v) is 6.99. The number of hydrogen-bond acceptors (Lipinski definition) is 6. The van der Waals surface area contributed by atoms with E-state index < -0.39 is 5.60 Å². The van der Waals surface area contributed by atoms with Crippen molar-refractivity contribution in [2.45, 2.75) is 58.1 Å². The van der Waals surface area contributed by atoms with Gasteiger partial charge in [0, 0.05) is 81.0 Å². The average molecular weight is 638 g/mol. The lowest BCUT2D eigenvalue weighted by atomic mass is 9.93. The SMILES string of the molecule is CC(C)(C)OC(=O)N1CCC(C(=O)N2CCC(N3CCN(C(=O)c4cc(-c5ccccc5)nc(-c5ccccc5)c4)CC3)CC2)CC1. The molecule has 0 saturated carbocycles. The largest absolute Gasteiger partial charge is 0.444 e. The van der Waals surface area contributed by atoms with E-state index in [4.69, 9.17) is 9.72 Å². The van der Waals surface area contributed by atoms with Crippen molar-refractivity contribution >= 4 is 17.9 Å². The van der Waals surface area contributed by atoms with Crippen molar-refractivity contribution < 1.29 is 19.1 Å². The van der Waals surface area contributed by atoms with Crippen molar-refractivity contribution in [1.29, 1.82) is 0 Å². The summed E-state index contributed by atoms with van der Waals surface area (Å²) in [4.78, 5) is 52.8. The van der Waals surface area contributed by atoms with Crippen molar-refractivity contribution in [3.63, 3.8) is 0 Å². The van der Waals surface area contributed by atoms with E-state index in [9.17, 15) is 14.4 Å². The summed E-state index contributed by atoms with van der Waals surface area (Å²) in [5.74, 6) is 0.238. The number of pyridine rings is 1. The van der Waals surface area contributed by atoms with Gasteiger partial charge in [0.15, 0.2) is 0 Å². The Kier molecular flexibility index (Phi) is 9.92. The molecule has 3 aliphatic rings. The molecule has 0 atom stereocenters. The van der Waals surface area contributed by atoms with Crippen molar-refractivity contribution in [3.8, 4) is 22.5 Å². The van der Waals surface area contributed by atoms with Crippen LogP contribution in [0.25, 0.3) is 22.5 Å². The number of likely N-dealkylation sites (tertiary alicyclic amines) is 2. The zero-order chi connectivity index (χ0) is 33.0. The van der Waals surface area contributed by atoms with Crippen LogP contribution in [0.2, 0.25) is 0 Å². The predicted octanol–water partition coefficient (Wildman–Crippen LogP) is 5.81. The molecule has 0 spiro atoms. The summed E-state index contributed by atoms with van der Waals surface area (Å²) < 4.78 is 5.51. The molecule has 3 aliphatic heterocycles. The molecule has 0 aliphatic carbocycles.